The molecule has 0 saturated heterocycles. The summed E-state index contributed by atoms with van der Waals surface area (Å²) in [6, 6.07) is 6.74. The van der Waals surface area contributed by atoms with Crippen LogP contribution in [0.5, 0.6) is 0 Å². The van der Waals surface area contributed by atoms with Crippen LogP contribution in [0.3, 0.4) is 0 Å². The van der Waals surface area contributed by atoms with Gasteiger partial charge in [-0.1, -0.05) is 18.2 Å². The lowest BCUT2D eigenvalue weighted by atomic mass is 10.1. The molecule has 0 spiro atoms. The van der Waals surface area contributed by atoms with Gasteiger partial charge < -0.3 is 0 Å². The lowest BCUT2D eigenvalue weighted by molar-refractivity contribution is -0.111. The van der Waals surface area contributed by atoms with Crippen molar-refractivity contribution in [1.29, 1.82) is 0 Å². The van der Waals surface area contributed by atoms with E-state index in [1.807, 2.05) is 0 Å². The SMILES string of the molecule is O=C(Cl)CCc1ccccc1[P+](=O)O. The summed E-state index contributed by atoms with van der Waals surface area (Å²) in [5, 5.41) is -0.0617. The molecule has 0 aromatic heterocycles. The van der Waals surface area contributed by atoms with E-state index in [4.69, 9.17) is 16.5 Å². The van der Waals surface area contributed by atoms with Crippen LogP contribution in [0.1, 0.15) is 12.0 Å². The van der Waals surface area contributed by atoms with E-state index in [0.717, 1.165) is 0 Å². The zero-order valence-corrected chi connectivity index (χ0v) is 8.96. The van der Waals surface area contributed by atoms with Crippen LogP contribution in [-0.4, -0.2) is 10.1 Å². The molecule has 3 nitrogen and oxygen atoms in total. The van der Waals surface area contributed by atoms with Crippen molar-refractivity contribution in [3.63, 3.8) is 0 Å². The molecule has 0 bridgehead atoms. The lowest BCUT2D eigenvalue weighted by Crippen LogP contribution is -2.06. The van der Waals surface area contributed by atoms with Gasteiger partial charge >= 0.3 is 8.03 Å². The standard InChI is InChI=1S/C9H8ClO3P/c10-9(11)6-5-7-3-1-2-4-8(7)14(12)13/h1-4H,5-6H2/p+1. The van der Waals surface area contributed by atoms with Crippen molar-refractivity contribution in [1.82, 2.24) is 0 Å². The van der Waals surface area contributed by atoms with E-state index >= 15 is 0 Å². The van der Waals surface area contributed by atoms with E-state index in [-0.39, 0.29) is 6.42 Å². The van der Waals surface area contributed by atoms with E-state index in [2.05, 4.69) is 0 Å². The number of hydrogen-bond donors (Lipinski definition) is 1. The van der Waals surface area contributed by atoms with E-state index in [1.165, 1.54) is 0 Å². The van der Waals surface area contributed by atoms with Crippen molar-refractivity contribution in [2.45, 2.75) is 12.8 Å². The Morgan fingerprint density at radius 3 is 2.64 bits per heavy atom. The fraction of sp³-hybridized carbons (Fsp3) is 0.222. The predicted octanol–water partition coefficient (Wildman–Crippen LogP) is 1.74. The minimum absolute atomic E-state index is 0.182. The van der Waals surface area contributed by atoms with Gasteiger partial charge in [0.2, 0.25) is 10.5 Å². The van der Waals surface area contributed by atoms with Gasteiger partial charge in [0.05, 0.1) is 0 Å². The number of aryl methyl sites for hydroxylation is 1. The largest absolute Gasteiger partial charge is 0.546 e. The summed E-state index contributed by atoms with van der Waals surface area (Å²) in [5.41, 5.74) is 0.699. The van der Waals surface area contributed by atoms with Gasteiger partial charge in [-0.15, -0.1) is 0 Å². The summed E-state index contributed by atoms with van der Waals surface area (Å²) in [4.78, 5) is 19.5. The summed E-state index contributed by atoms with van der Waals surface area (Å²) >= 11 is 5.19. The van der Waals surface area contributed by atoms with Crippen LogP contribution >= 0.6 is 19.6 Å². The summed E-state index contributed by atoms with van der Waals surface area (Å²) in [7, 11) is -2.35. The Labute approximate surface area is 87.6 Å². The van der Waals surface area contributed by atoms with Crippen LogP contribution in [0.2, 0.25) is 0 Å². The second-order valence-electron chi connectivity index (χ2n) is 2.76. The first-order valence-electron chi connectivity index (χ1n) is 4.03. The molecule has 1 atom stereocenters. The van der Waals surface area contributed by atoms with Crippen molar-refractivity contribution >= 4 is 30.2 Å². The minimum Gasteiger partial charge on any atom is -0.281 e. The van der Waals surface area contributed by atoms with Crippen LogP contribution < -0.4 is 5.30 Å². The Hall–Kier alpha value is -0.760. The van der Waals surface area contributed by atoms with Gasteiger partial charge in [-0.3, -0.25) is 4.79 Å². The Bertz CT molecular complexity index is 365. The number of hydrogen-bond acceptors (Lipinski definition) is 2. The van der Waals surface area contributed by atoms with Crippen LogP contribution in [0, 0.1) is 0 Å². The Morgan fingerprint density at radius 2 is 2.07 bits per heavy atom. The van der Waals surface area contributed by atoms with Crippen LogP contribution in [0.15, 0.2) is 24.3 Å². The van der Waals surface area contributed by atoms with Gasteiger partial charge in [0.15, 0.2) is 0 Å². The van der Waals surface area contributed by atoms with Crippen LogP contribution in [0.25, 0.3) is 0 Å². The Balaban J connectivity index is 2.84. The summed E-state index contributed by atoms with van der Waals surface area (Å²) < 4.78 is 10.9. The molecule has 1 unspecified atom stereocenters. The fourth-order valence-electron chi connectivity index (χ4n) is 1.14. The molecule has 0 aliphatic rings. The summed E-state index contributed by atoms with van der Waals surface area (Å²) in [5.74, 6) is 0. The maximum atomic E-state index is 10.9. The Kier molecular flexibility index (Phi) is 4.21. The molecule has 1 N–H and O–H groups in total. The molecule has 14 heavy (non-hydrogen) atoms. The van der Waals surface area contributed by atoms with Crippen molar-refractivity contribution in [3.05, 3.63) is 29.8 Å². The number of rotatable bonds is 4. The second-order valence-corrected chi connectivity index (χ2v) is 4.21. The molecule has 0 heterocycles. The molecule has 0 aliphatic carbocycles. The highest BCUT2D eigenvalue weighted by Gasteiger charge is 2.20. The zero-order valence-electron chi connectivity index (χ0n) is 7.31. The topological polar surface area (TPSA) is 54.4 Å². The predicted molar refractivity (Wildman–Crippen MR) is 55.1 cm³/mol. The molecule has 5 heteroatoms. The molecule has 0 saturated carbocycles. The van der Waals surface area contributed by atoms with Gasteiger partial charge in [0.1, 0.15) is 0 Å². The quantitative estimate of drug-likeness (QED) is 0.634. The van der Waals surface area contributed by atoms with Crippen molar-refractivity contribution in [2.75, 3.05) is 0 Å². The zero-order chi connectivity index (χ0) is 10.6. The second kappa shape index (κ2) is 5.20. The monoisotopic (exact) mass is 231 g/mol. The average molecular weight is 232 g/mol. The number of halogens is 1. The minimum atomic E-state index is -2.35. The number of carbonyl (C=O) groups is 1. The van der Waals surface area contributed by atoms with Crippen LogP contribution in [0.4, 0.5) is 0 Å². The molecular weight excluding hydrogens is 223 g/mol. The van der Waals surface area contributed by atoms with Crippen molar-refractivity contribution < 1.29 is 14.3 Å². The molecule has 0 aliphatic heterocycles. The van der Waals surface area contributed by atoms with Gasteiger partial charge in [0.25, 0.3) is 0 Å². The third-order valence-corrected chi connectivity index (χ3v) is 2.83. The molecule has 1 aromatic carbocycles. The van der Waals surface area contributed by atoms with Gasteiger partial charge in [-0.25, -0.2) is 0 Å². The number of benzene rings is 1. The van der Waals surface area contributed by atoms with Crippen molar-refractivity contribution in [3.8, 4) is 0 Å². The molecule has 1 rings (SSSR count). The molecule has 0 amide bonds. The molecular formula is C9H9ClO3P+. The highest BCUT2D eigenvalue weighted by molar-refractivity contribution is 7.47. The lowest BCUT2D eigenvalue weighted by Gasteiger charge is -1.96. The van der Waals surface area contributed by atoms with E-state index in [1.54, 1.807) is 24.3 Å². The third kappa shape index (κ3) is 3.18. The van der Waals surface area contributed by atoms with E-state index in [9.17, 15) is 9.36 Å². The smallest absolute Gasteiger partial charge is 0.281 e. The van der Waals surface area contributed by atoms with E-state index in [0.29, 0.717) is 17.3 Å². The normalized spacial score (nSPS) is 11.1. The third-order valence-electron chi connectivity index (χ3n) is 1.79. The first-order chi connectivity index (χ1) is 6.61. The fourth-order valence-corrected chi connectivity index (χ4v) is 1.88. The molecule has 1 aromatic rings. The highest BCUT2D eigenvalue weighted by atomic mass is 35.5. The van der Waals surface area contributed by atoms with Gasteiger partial charge in [-0.2, -0.15) is 4.89 Å². The summed E-state index contributed by atoms with van der Waals surface area (Å²) in [6.45, 7) is 0. The molecule has 74 valence electrons. The first kappa shape index (κ1) is 11.3. The van der Waals surface area contributed by atoms with Crippen molar-refractivity contribution in [2.24, 2.45) is 0 Å². The first-order valence-corrected chi connectivity index (χ1v) is 5.62. The highest BCUT2D eigenvalue weighted by Crippen LogP contribution is 2.17. The maximum absolute atomic E-state index is 10.9. The maximum Gasteiger partial charge on any atom is 0.546 e. The van der Waals surface area contributed by atoms with Gasteiger partial charge in [-0.05, 0) is 28.7 Å². The molecule has 0 radical (unpaired) electrons. The Morgan fingerprint density at radius 1 is 1.43 bits per heavy atom. The average Bonchev–Trinajstić information content (AvgIpc) is 2.15. The summed E-state index contributed by atoms with van der Waals surface area (Å²) in [6.07, 6.45) is 0.585. The van der Waals surface area contributed by atoms with Gasteiger partial charge in [0, 0.05) is 12.0 Å². The van der Waals surface area contributed by atoms with Crippen LogP contribution in [-0.2, 0) is 15.8 Å². The number of carbonyl (C=O) groups excluding carboxylic acids is 1. The molecule has 0 fully saturated rings. The van der Waals surface area contributed by atoms with E-state index < -0.39 is 13.3 Å².